The van der Waals surface area contributed by atoms with E-state index in [2.05, 4.69) is 21.9 Å². The van der Waals surface area contributed by atoms with Gasteiger partial charge in [0, 0.05) is 43.5 Å². The monoisotopic (exact) mass is 232 g/mol. The summed E-state index contributed by atoms with van der Waals surface area (Å²) in [6.07, 6.45) is 2.79. The molecule has 92 valence electrons. The second-order valence-corrected chi connectivity index (χ2v) is 5.04. The number of nitrogens with zero attached hydrogens (tertiary/aromatic N) is 2. The van der Waals surface area contributed by atoms with Gasteiger partial charge in [0.15, 0.2) is 0 Å². The van der Waals surface area contributed by atoms with Gasteiger partial charge in [0.1, 0.15) is 0 Å². The van der Waals surface area contributed by atoms with Crippen molar-refractivity contribution in [2.75, 3.05) is 31.1 Å². The van der Waals surface area contributed by atoms with Gasteiger partial charge in [-0.1, -0.05) is 18.2 Å². The summed E-state index contributed by atoms with van der Waals surface area (Å²) < 4.78 is 0. The first kappa shape index (κ1) is 11.1. The molecule has 2 fully saturated rings. The van der Waals surface area contributed by atoms with Crippen LogP contribution in [0.4, 0.5) is 5.69 Å². The Balaban J connectivity index is 1.68. The van der Waals surface area contributed by atoms with E-state index < -0.39 is 0 Å². The fourth-order valence-corrected chi connectivity index (χ4v) is 2.72. The van der Waals surface area contributed by atoms with Crippen molar-refractivity contribution < 1.29 is 5.11 Å². The molecule has 0 amide bonds. The maximum Gasteiger partial charge on any atom is 0.0702 e. The third-order valence-electron chi connectivity index (χ3n) is 3.88. The molecule has 17 heavy (non-hydrogen) atoms. The third kappa shape index (κ3) is 2.31. The van der Waals surface area contributed by atoms with E-state index in [0.717, 1.165) is 24.7 Å². The van der Waals surface area contributed by atoms with Gasteiger partial charge >= 0.3 is 0 Å². The van der Waals surface area contributed by atoms with E-state index in [0.29, 0.717) is 0 Å². The van der Waals surface area contributed by atoms with Gasteiger partial charge in [0.25, 0.3) is 0 Å². The first-order valence-electron chi connectivity index (χ1n) is 6.56. The molecule has 0 spiro atoms. The van der Waals surface area contributed by atoms with Gasteiger partial charge < -0.3 is 10.0 Å². The smallest absolute Gasteiger partial charge is 0.0702 e. The van der Waals surface area contributed by atoms with Crippen molar-refractivity contribution in [2.45, 2.75) is 25.5 Å². The van der Waals surface area contributed by atoms with E-state index in [1.165, 1.54) is 31.6 Å². The number of rotatable bonds is 3. The van der Waals surface area contributed by atoms with E-state index in [1.54, 1.807) is 0 Å². The summed E-state index contributed by atoms with van der Waals surface area (Å²) in [6, 6.07) is 9.07. The van der Waals surface area contributed by atoms with Gasteiger partial charge in [-0.05, 0) is 18.9 Å². The van der Waals surface area contributed by atoms with Crippen LogP contribution in [-0.4, -0.2) is 42.2 Å². The van der Waals surface area contributed by atoms with Crippen molar-refractivity contribution >= 4 is 5.69 Å². The highest BCUT2D eigenvalue weighted by Gasteiger charge is 2.31. The number of hydrogen-bond donors (Lipinski definition) is 1. The van der Waals surface area contributed by atoms with Crippen molar-refractivity contribution in [2.24, 2.45) is 0 Å². The Kier molecular flexibility index (Phi) is 3.04. The van der Waals surface area contributed by atoms with Crippen molar-refractivity contribution in [3.05, 3.63) is 29.8 Å². The van der Waals surface area contributed by atoms with Crippen molar-refractivity contribution in [1.82, 2.24) is 4.90 Å². The van der Waals surface area contributed by atoms with Crippen LogP contribution in [0.25, 0.3) is 0 Å². The van der Waals surface area contributed by atoms with E-state index >= 15 is 0 Å². The minimum atomic E-state index is 0.138. The lowest BCUT2D eigenvalue weighted by Crippen LogP contribution is -2.47. The lowest BCUT2D eigenvalue weighted by Gasteiger charge is -2.37. The maximum atomic E-state index is 9.36. The van der Waals surface area contributed by atoms with Crippen LogP contribution in [0, 0.1) is 0 Å². The van der Waals surface area contributed by atoms with Gasteiger partial charge in [0.05, 0.1) is 6.61 Å². The molecule has 3 rings (SSSR count). The van der Waals surface area contributed by atoms with Gasteiger partial charge in [-0.15, -0.1) is 0 Å². The van der Waals surface area contributed by atoms with E-state index in [1.807, 2.05) is 12.1 Å². The molecule has 0 bridgehead atoms. The average Bonchev–Trinajstić information content (AvgIpc) is 3.23. The normalized spacial score (nSPS) is 21.8. The number of anilines is 1. The summed E-state index contributed by atoms with van der Waals surface area (Å²) in [5.74, 6) is 0. The highest BCUT2D eigenvalue weighted by atomic mass is 16.3. The molecule has 1 aliphatic heterocycles. The van der Waals surface area contributed by atoms with Gasteiger partial charge in [-0.3, -0.25) is 4.90 Å². The fourth-order valence-electron chi connectivity index (χ4n) is 2.72. The lowest BCUT2D eigenvalue weighted by atomic mass is 10.1. The van der Waals surface area contributed by atoms with Gasteiger partial charge in [0.2, 0.25) is 0 Å². The van der Waals surface area contributed by atoms with Crippen molar-refractivity contribution in [1.29, 1.82) is 0 Å². The molecular formula is C14H20N2O. The van der Waals surface area contributed by atoms with Crippen LogP contribution in [0.2, 0.25) is 0 Å². The van der Waals surface area contributed by atoms with Gasteiger partial charge in [-0.25, -0.2) is 0 Å². The molecule has 1 aliphatic carbocycles. The maximum absolute atomic E-state index is 9.36. The average molecular weight is 232 g/mol. The number of benzene rings is 1. The molecule has 1 saturated carbocycles. The Labute approximate surface area is 103 Å². The minimum absolute atomic E-state index is 0.138. The number of aliphatic hydroxyl groups is 1. The third-order valence-corrected chi connectivity index (χ3v) is 3.88. The standard InChI is InChI=1S/C14H20N2O/c17-11-12-3-1-2-4-14(12)16-9-7-15(8-10-16)13-5-6-13/h1-4,13,17H,5-11H2. The van der Waals surface area contributed by atoms with Crippen LogP contribution in [0.15, 0.2) is 24.3 Å². The van der Waals surface area contributed by atoms with Crippen LogP contribution in [0.1, 0.15) is 18.4 Å². The minimum Gasteiger partial charge on any atom is -0.392 e. The molecule has 0 unspecified atom stereocenters. The Morgan fingerprint density at radius 3 is 2.41 bits per heavy atom. The zero-order chi connectivity index (χ0) is 11.7. The molecule has 1 saturated heterocycles. The molecular weight excluding hydrogens is 212 g/mol. The second-order valence-electron chi connectivity index (χ2n) is 5.04. The molecule has 0 atom stereocenters. The molecule has 3 nitrogen and oxygen atoms in total. The molecule has 1 heterocycles. The van der Waals surface area contributed by atoms with Crippen LogP contribution >= 0.6 is 0 Å². The molecule has 3 heteroatoms. The quantitative estimate of drug-likeness (QED) is 0.855. The largest absolute Gasteiger partial charge is 0.392 e. The van der Waals surface area contributed by atoms with E-state index in [4.69, 9.17) is 0 Å². The molecule has 1 aromatic rings. The Bertz CT molecular complexity index is 382. The van der Waals surface area contributed by atoms with Crippen molar-refractivity contribution in [3.63, 3.8) is 0 Å². The highest BCUT2D eigenvalue weighted by Crippen LogP contribution is 2.29. The Morgan fingerprint density at radius 1 is 1.06 bits per heavy atom. The Hall–Kier alpha value is -1.06. The van der Waals surface area contributed by atoms with E-state index in [9.17, 15) is 5.11 Å². The summed E-state index contributed by atoms with van der Waals surface area (Å²) in [5.41, 5.74) is 2.26. The van der Waals surface area contributed by atoms with Crippen LogP contribution in [0.3, 0.4) is 0 Å². The molecule has 1 N–H and O–H groups in total. The summed E-state index contributed by atoms with van der Waals surface area (Å²) in [7, 11) is 0. The van der Waals surface area contributed by atoms with Crippen LogP contribution in [0.5, 0.6) is 0 Å². The highest BCUT2D eigenvalue weighted by molar-refractivity contribution is 5.53. The number of aliphatic hydroxyl groups excluding tert-OH is 1. The molecule has 1 aromatic carbocycles. The summed E-state index contributed by atoms with van der Waals surface area (Å²) >= 11 is 0. The zero-order valence-electron chi connectivity index (χ0n) is 10.2. The molecule has 2 aliphatic rings. The first-order chi connectivity index (χ1) is 8.38. The predicted octanol–water partition coefficient (Wildman–Crippen LogP) is 1.46. The van der Waals surface area contributed by atoms with Crippen LogP contribution < -0.4 is 4.90 Å². The van der Waals surface area contributed by atoms with Crippen molar-refractivity contribution in [3.8, 4) is 0 Å². The van der Waals surface area contributed by atoms with E-state index in [-0.39, 0.29) is 6.61 Å². The first-order valence-corrected chi connectivity index (χ1v) is 6.56. The lowest BCUT2D eigenvalue weighted by molar-refractivity contribution is 0.246. The van der Waals surface area contributed by atoms with Gasteiger partial charge in [-0.2, -0.15) is 0 Å². The SMILES string of the molecule is OCc1ccccc1N1CCN(C2CC2)CC1. The topological polar surface area (TPSA) is 26.7 Å². The van der Waals surface area contributed by atoms with Crippen LogP contribution in [-0.2, 0) is 6.61 Å². The summed E-state index contributed by atoms with van der Waals surface area (Å²) in [5, 5.41) is 9.36. The zero-order valence-corrected chi connectivity index (χ0v) is 10.2. The number of piperazine rings is 1. The molecule has 0 radical (unpaired) electrons. The Morgan fingerprint density at radius 2 is 1.76 bits per heavy atom. The summed E-state index contributed by atoms with van der Waals surface area (Å²) in [4.78, 5) is 5.02. The molecule has 0 aromatic heterocycles. The number of para-hydroxylation sites is 1. The second kappa shape index (κ2) is 4.67. The summed E-state index contributed by atoms with van der Waals surface area (Å²) in [6.45, 7) is 4.66. The number of hydrogen-bond acceptors (Lipinski definition) is 3. The predicted molar refractivity (Wildman–Crippen MR) is 69.2 cm³/mol. The fraction of sp³-hybridized carbons (Fsp3) is 0.571.